The molecule has 0 amide bonds. The summed E-state index contributed by atoms with van der Waals surface area (Å²) in [6, 6.07) is 16.7. The second-order valence-corrected chi connectivity index (χ2v) is 5.00. The number of ketones is 1. The molecule has 0 saturated heterocycles. The third-order valence-electron chi connectivity index (χ3n) is 3.31. The molecule has 4 nitrogen and oxygen atoms in total. The number of Topliss-reactive ketones (excluding diaryl/α,β-unsaturated/α-hetero) is 1. The molecule has 0 heterocycles. The van der Waals surface area contributed by atoms with Crippen molar-refractivity contribution >= 4 is 24.6 Å². The van der Waals surface area contributed by atoms with Gasteiger partial charge in [-0.2, -0.15) is 0 Å². The highest BCUT2D eigenvalue weighted by Crippen LogP contribution is 2.03. The molecule has 0 atom stereocenters. The van der Waals surface area contributed by atoms with Gasteiger partial charge in [-0.3, -0.25) is 9.79 Å². The van der Waals surface area contributed by atoms with Crippen LogP contribution in [-0.4, -0.2) is 35.7 Å². The van der Waals surface area contributed by atoms with Crippen LogP contribution in [0.5, 0.6) is 0 Å². The lowest BCUT2D eigenvalue weighted by atomic mass is 9.77. The molecule has 0 aromatic heterocycles. The van der Waals surface area contributed by atoms with Gasteiger partial charge in [0.05, 0.1) is 6.54 Å². The molecule has 2 aromatic rings. The Labute approximate surface area is 130 Å². The Morgan fingerprint density at radius 2 is 1.73 bits per heavy atom. The molecule has 22 heavy (non-hydrogen) atoms. The van der Waals surface area contributed by atoms with Crippen molar-refractivity contribution in [2.24, 2.45) is 4.99 Å². The van der Waals surface area contributed by atoms with Gasteiger partial charge in [0.25, 0.3) is 0 Å². The fourth-order valence-corrected chi connectivity index (χ4v) is 2.12. The highest BCUT2D eigenvalue weighted by atomic mass is 16.4. The van der Waals surface area contributed by atoms with Crippen molar-refractivity contribution in [1.29, 1.82) is 0 Å². The van der Waals surface area contributed by atoms with Crippen molar-refractivity contribution in [1.82, 2.24) is 0 Å². The SMILES string of the molecule is O=C(CCc1ccccc1)CN=Cc1ccccc1B(O)O. The number of hydrogen-bond acceptors (Lipinski definition) is 4. The first kappa shape index (κ1) is 16.1. The van der Waals surface area contributed by atoms with E-state index in [-0.39, 0.29) is 12.3 Å². The molecule has 0 radical (unpaired) electrons. The molecule has 2 aromatic carbocycles. The summed E-state index contributed by atoms with van der Waals surface area (Å²) in [5.41, 5.74) is 2.12. The molecular formula is C17H18BNO3. The molecular weight excluding hydrogens is 277 g/mol. The standard InChI is InChI=1S/C17H18BNO3/c20-16(11-10-14-6-2-1-3-7-14)13-19-12-15-8-4-5-9-17(15)18(21)22/h1-9,12,21-22H,10-11,13H2. The van der Waals surface area contributed by atoms with Crippen LogP contribution >= 0.6 is 0 Å². The first-order valence-electron chi connectivity index (χ1n) is 7.17. The number of aryl methyl sites for hydroxylation is 1. The predicted molar refractivity (Wildman–Crippen MR) is 88.5 cm³/mol. The van der Waals surface area contributed by atoms with Gasteiger partial charge in [0.15, 0.2) is 5.78 Å². The minimum absolute atomic E-state index is 0.0575. The van der Waals surface area contributed by atoms with Gasteiger partial charge in [0, 0.05) is 12.6 Å². The highest BCUT2D eigenvalue weighted by Gasteiger charge is 2.13. The van der Waals surface area contributed by atoms with Crippen molar-refractivity contribution in [3.8, 4) is 0 Å². The third-order valence-corrected chi connectivity index (χ3v) is 3.31. The minimum atomic E-state index is -1.54. The average molecular weight is 295 g/mol. The summed E-state index contributed by atoms with van der Waals surface area (Å²) in [6.45, 7) is 0.0999. The summed E-state index contributed by atoms with van der Waals surface area (Å²) < 4.78 is 0. The van der Waals surface area contributed by atoms with Crippen LogP contribution in [0, 0.1) is 0 Å². The fourth-order valence-electron chi connectivity index (χ4n) is 2.12. The molecule has 0 aliphatic heterocycles. The lowest BCUT2D eigenvalue weighted by molar-refractivity contribution is -0.117. The largest absolute Gasteiger partial charge is 0.489 e. The summed E-state index contributed by atoms with van der Waals surface area (Å²) in [7, 11) is -1.54. The molecule has 0 saturated carbocycles. The zero-order chi connectivity index (χ0) is 15.8. The Bertz CT molecular complexity index is 641. The van der Waals surface area contributed by atoms with Gasteiger partial charge >= 0.3 is 7.12 Å². The molecule has 0 fully saturated rings. The van der Waals surface area contributed by atoms with E-state index in [0.29, 0.717) is 23.9 Å². The van der Waals surface area contributed by atoms with E-state index in [2.05, 4.69) is 4.99 Å². The van der Waals surface area contributed by atoms with Crippen LogP contribution in [0.2, 0.25) is 0 Å². The zero-order valence-corrected chi connectivity index (χ0v) is 12.2. The van der Waals surface area contributed by atoms with E-state index in [1.807, 2.05) is 30.3 Å². The number of carbonyl (C=O) groups excluding carboxylic acids is 1. The lowest BCUT2D eigenvalue weighted by Gasteiger charge is -2.03. The van der Waals surface area contributed by atoms with E-state index >= 15 is 0 Å². The summed E-state index contributed by atoms with van der Waals surface area (Å²) in [5, 5.41) is 18.5. The Balaban J connectivity index is 1.86. The summed E-state index contributed by atoms with van der Waals surface area (Å²) >= 11 is 0. The van der Waals surface area contributed by atoms with Gasteiger partial charge in [-0.15, -0.1) is 0 Å². The fraction of sp³-hybridized carbons (Fsp3) is 0.176. The Morgan fingerprint density at radius 3 is 2.45 bits per heavy atom. The topological polar surface area (TPSA) is 69.9 Å². The highest BCUT2D eigenvalue weighted by molar-refractivity contribution is 6.60. The van der Waals surface area contributed by atoms with E-state index in [9.17, 15) is 14.8 Å². The van der Waals surface area contributed by atoms with Crippen molar-refractivity contribution in [3.05, 3.63) is 65.7 Å². The van der Waals surface area contributed by atoms with Crippen molar-refractivity contribution in [2.75, 3.05) is 6.54 Å². The zero-order valence-electron chi connectivity index (χ0n) is 12.2. The third kappa shape index (κ3) is 4.95. The molecule has 0 spiro atoms. The molecule has 112 valence electrons. The smallest absolute Gasteiger partial charge is 0.423 e. The normalized spacial score (nSPS) is 10.8. The van der Waals surface area contributed by atoms with Gasteiger partial charge in [-0.25, -0.2) is 0 Å². The maximum atomic E-state index is 11.8. The van der Waals surface area contributed by atoms with Gasteiger partial charge in [0.2, 0.25) is 0 Å². The Kier molecular flexibility index (Phi) is 6.07. The van der Waals surface area contributed by atoms with E-state index in [1.54, 1.807) is 24.3 Å². The second kappa shape index (κ2) is 8.27. The number of aliphatic imine (C=N–C) groups is 1. The Morgan fingerprint density at radius 1 is 1.05 bits per heavy atom. The van der Waals surface area contributed by atoms with E-state index in [1.165, 1.54) is 6.21 Å². The summed E-state index contributed by atoms with van der Waals surface area (Å²) in [6.07, 6.45) is 2.67. The van der Waals surface area contributed by atoms with Gasteiger partial charge < -0.3 is 10.0 Å². The molecule has 0 unspecified atom stereocenters. The van der Waals surface area contributed by atoms with Crippen molar-refractivity contribution in [3.63, 3.8) is 0 Å². The van der Waals surface area contributed by atoms with E-state index < -0.39 is 7.12 Å². The van der Waals surface area contributed by atoms with Gasteiger partial charge in [-0.05, 0) is 23.0 Å². The van der Waals surface area contributed by atoms with Crippen molar-refractivity contribution < 1.29 is 14.8 Å². The number of benzene rings is 2. The second-order valence-electron chi connectivity index (χ2n) is 5.00. The molecule has 2 rings (SSSR count). The van der Waals surface area contributed by atoms with E-state index in [0.717, 1.165) is 5.56 Å². The van der Waals surface area contributed by atoms with Crippen LogP contribution in [-0.2, 0) is 11.2 Å². The van der Waals surface area contributed by atoms with Crippen LogP contribution in [0.1, 0.15) is 17.5 Å². The first-order chi connectivity index (χ1) is 10.7. The van der Waals surface area contributed by atoms with Gasteiger partial charge in [-0.1, -0.05) is 54.6 Å². The molecule has 2 N–H and O–H groups in total. The van der Waals surface area contributed by atoms with Crippen LogP contribution in [0.3, 0.4) is 0 Å². The van der Waals surface area contributed by atoms with Crippen LogP contribution in [0.25, 0.3) is 0 Å². The molecule has 0 bridgehead atoms. The molecule has 5 heteroatoms. The van der Waals surface area contributed by atoms with Gasteiger partial charge in [0.1, 0.15) is 0 Å². The number of carbonyl (C=O) groups is 1. The van der Waals surface area contributed by atoms with E-state index in [4.69, 9.17) is 0 Å². The van der Waals surface area contributed by atoms with Crippen LogP contribution in [0.15, 0.2) is 59.6 Å². The first-order valence-corrected chi connectivity index (χ1v) is 7.17. The quantitative estimate of drug-likeness (QED) is 0.591. The summed E-state index contributed by atoms with van der Waals surface area (Å²) in [4.78, 5) is 15.9. The lowest BCUT2D eigenvalue weighted by Crippen LogP contribution is -2.32. The Hall–Kier alpha value is -2.24. The van der Waals surface area contributed by atoms with Crippen molar-refractivity contribution in [2.45, 2.75) is 12.8 Å². The summed E-state index contributed by atoms with van der Waals surface area (Å²) in [5.74, 6) is 0.0575. The predicted octanol–water partition coefficient (Wildman–Crippen LogP) is 0.987. The number of rotatable bonds is 7. The van der Waals surface area contributed by atoms with Crippen LogP contribution in [0.4, 0.5) is 0 Å². The number of nitrogens with zero attached hydrogens (tertiary/aromatic N) is 1. The maximum absolute atomic E-state index is 11.8. The molecule has 0 aliphatic carbocycles. The average Bonchev–Trinajstić information content (AvgIpc) is 2.54. The molecule has 0 aliphatic rings. The minimum Gasteiger partial charge on any atom is -0.423 e. The van der Waals surface area contributed by atoms with Crippen LogP contribution < -0.4 is 5.46 Å². The monoisotopic (exact) mass is 295 g/mol. The maximum Gasteiger partial charge on any atom is 0.489 e. The number of hydrogen-bond donors (Lipinski definition) is 2.